The molecule has 1 heterocycles. The maximum Gasteiger partial charge on any atom is 0.153 e. The van der Waals surface area contributed by atoms with Gasteiger partial charge in [0.2, 0.25) is 0 Å². The largest absolute Gasteiger partial charge is 0.368 e. The first-order valence-electron chi connectivity index (χ1n) is 6.09. The molecule has 0 fully saturated rings. The summed E-state index contributed by atoms with van der Waals surface area (Å²) >= 11 is 0. The molecular weight excluding hydrogens is 200 g/mol. The van der Waals surface area contributed by atoms with Crippen molar-refractivity contribution >= 4 is 5.82 Å². The lowest BCUT2D eigenvalue weighted by Gasteiger charge is -2.14. The van der Waals surface area contributed by atoms with Gasteiger partial charge in [-0.05, 0) is 24.8 Å². The number of anilines is 1. The second-order valence-electron chi connectivity index (χ2n) is 3.79. The zero-order valence-electron chi connectivity index (χ0n) is 10.5. The highest BCUT2D eigenvalue weighted by molar-refractivity contribution is 5.49. The fourth-order valence-corrected chi connectivity index (χ4v) is 1.86. The van der Waals surface area contributed by atoms with E-state index in [9.17, 15) is 0 Å². The molecule has 4 heteroatoms. The molecule has 90 valence electrons. The molecule has 0 aliphatic carbocycles. The van der Waals surface area contributed by atoms with E-state index in [0.717, 1.165) is 42.9 Å². The van der Waals surface area contributed by atoms with Crippen LogP contribution in [-0.2, 0) is 19.4 Å². The van der Waals surface area contributed by atoms with E-state index in [2.05, 4.69) is 36.3 Å². The van der Waals surface area contributed by atoms with Crippen LogP contribution >= 0.6 is 0 Å². The molecule has 0 saturated carbocycles. The second-order valence-corrected chi connectivity index (χ2v) is 3.79. The Morgan fingerprint density at radius 2 is 1.81 bits per heavy atom. The van der Waals surface area contributed by atoms with Crippen molar-refractivity contribution < 1.29 is 0 Å². The van der Waals surface area contributed by atoms with Crippen LogP contribution in [0.4, 0.5) is 5.82 Å². The topological polar surface area (TPSA) is 63.8 Å². The van der Waals surface area contributed by atoms with Crippen molar-refractivity contribution in [3.05, 3.63) is 16.8 Å². The van der Waals surface area contributed by atoms with Gasteiger partial charge in [0, 0.05) is 18.7 Å². The standard InChI is InChI=1S/C12H22N4/c1-4-7-14-12-10(8-13)9(5-2)11(6-3)15-16-12/h4-8,13H2,1-3H3,(H,14,16). The second kappa shape index (κ2) is 6.43. The Balaban J connectivity index is 3.10. The van der Waals surface area contributed by atoms with E-state index >= 15 is 0 Å². The molecule has 0 aromatic carbocycles. The highest BCUT2D eigenvalue weighted by Crippen LogP contribution is 2.20. The van der Waals surface area contributed by atoms with Crippen molar-refractivity contribution in [3.8, 4) is 0 Å². The predicted octanol–water partition coefficient (Wildman–Crippen LogP) is 1.88. The van der Waals surface area contributed by atoms with E-state index < -0.39 is 0 Å². The van der Waals surface area contributed by atoms with Crippen LogP contribution in [0.25, 0.3) is 0 Å². The summed E-state index contributed by atoms with van der Waals surface area (Å²) in [6, 6.07) is 0. The molecule has 1 rings (SSSR count). The van der Waals surface area contributed by atoms with Crippen LogP contribution in [0.3, 0.4) is 0 Å². The third-order valence-electron chi connectivity index (χ3n) is 2.70. The summed E-state index contributed by atoms with van der Waals surface area (Å²) in [4.78, 5) is 0. The third kappa shape index (κ3) is 2.70. The summed E-state index contributed by atoms with van der Waals surface area (Å²) in [7, 11) is 0. The maximum absolute atomic E-state index is 5.81. The molecule has 0 unspecified atom stereocenters. The van der Waals surface area contributed by atoms with Crippen molar-refractivity contribution in [1.82, 2.24) is 10.2 Å². The van der Waals surface area contributed by atoms with Crippen LogP contribution < -0.4 is 11.1 Å². The molecule has 0 spiro atoms. The number of hydrogen-bond acceptors (Lipinski definition) is 4. The molecule has 4 nitrogen and oxygen atoms in total. The molecular formula is C12H22N4. The normalized spacial score (nSPS) is 10.5. The first kappa shape index (κ1) is 12.9. The van der Waals surface area contributed by atoms with Gasteiger partial charge < -0.3 is 11.1 Å². The summed E-state index contributed by atoms with van der Waals surface area (Å²) in [5.41, 5.74) is 9.28. The van der Waals surface area contributed by atoms with E-state index in [1.807, 2.05) is 0 Å². The zero-order chi connectivity index (χ0) is 12.0. The van der Waals surface area contributed by atoms with Crippen molar-refractivity contribution in [1.29, 1.82) is 0 Å². The molecule has 0 saturated heterocycles. The smallest absolute Gasteiger partial charge is 0.153 e. The minimum absolute atomic E-state index is 0.526. The van der Waals surface area contributed by atoms with Crippen molar-refractivity contribution in [2.75, 3.05) is 11.9 Å². The summed E-state index contributed by atoms with van der Waals surface area (Å²) in [6.45, 7) is 7.80. The highest BCUT2D eigenvalue weighted by Gasteiger charge is 2.12. The number of rotatable bonds is 6. The van der Waals surface area contributed by atoms with Crippen LogP contribution in [0, 0.1) is 0 Å². The van der Waals surface area contributed by atoms with Gasteiger partial charge in [-0.3, -0.25) is 0 Å². The Kier molecular flexibility index (Phi) is 5.19. The quantitative estimate of drug-likeness (QED) is 0.771. The van der Waals surface area contributed by atoms with Gasteiger partial charge in [-0.25, -0.2) is 0 Å². The molecule has 0 bridgehead atoms. The van der Waals surface area contributed by atoms with Gasteiger partial charge >= 0.3 is 0 Å². The number of aryl methyl sites for hydroxylation is 1. The minimum Gasteiger partial charge on any atom is -0.368 e. The van der Waals surface area contributed by atoms with E-state index in [0.29, 0.717) is 6.54 Å². The fourth-order valence-electron chi connectivity index (χ4n) is 1.86. The Bertz CT molecular complexity index is 336. The van der Waals surface area contributed by atoms with E-state index in [-0.39, 0.29) is 0 Å². The Hall–Kier alpha value is -1.16. The fraction of sp³-hybridized carbons (Fsp3) is 0.667. The van der Waals surface area contributed by atoms with Crippen LogP contribution in [0.1, 0.15) is 44.0 Å². The lowest BCUT2D eigenvalue weighted by Crippen LogP contribution is -2.14. The van der Waals surface area contributed by atoms with Crippen LogP contribution in [0.2, 0.25) is 0 Å². The Morgan fingerprint density at radius 1 is 1.06 bits per heavy atom. The number of nitrogens with zero attached hydrogens (tertiary/aromatic N) is 2. The zero-order valence-corrected chi connectivity index (χ0v) is 10.5. The average molecular weight is 222 g/mol. The van der Waals surface area contributed by atoms with E-state index in [1.54, 1.807) is 0 Å². The lowest BCUT2D eigenvalue weighted by molar-refractivity contribution is 0.835. The third-order valence-corrected chi connectivity index (χ3v) is 2.70. The van der Waals surface area contributed by atoms with Crippen molar-refractivity contribution in [3.63, 3.8) is 0 Å². The van der Waals surface area contributed by atoms with Crippen LogP contribution in [-0.4, -0.2) is 16.7 Å². The summed E-state index contributed by atoms with van der Waals surface area (Å²) in [5, 5.41) is 11.8. The van der Waals surface area contributed by atoms with Crippen molar-refractivity contribution in [2.45, 2.75) is 46.6 Å². The monoisotopic (exact) mass is 222 g/mol. The Morgan fingerprint density at radius 3 is 2.31 bits per heavy atom. The highest BCUT2D eigenvalue weighted by atomic mass is 15.2. The number of nitrogens with one attached hydrogen (secondary N) is 1. The van der Waals surface area contributed by atoms with E-state index in [1.165, 1.54) is 5.56 Å². The predicted molar refractivity (Wildman–Crippen MR) is 67.5 cm³/mol. The summed E-state index contributed by atoms with van der Waals surface area (Å²) in [5.74, 6) is 0.860. The van der Waals surface area contributed by atoms with E-state index in [4.69, 9.17) is 5.73 Å². The Labute approximate surface area is 97.6 Å². The lowest BCUT2D eigenvalue weighted by atomic mass is 10.0. The molecule has 1 aromatic heterocycles. The molecule has 0 radical (unpaired) electrons. The summed E-state index contributed by atoms with van der Waals surface area (Å²) in [6.07, 6.45) is 2.95. The first-order chi connectivity index (χ1) is 7.78. The van der Waals surface area contributed by atoms with Gasteiger partial charge in [-0.2, -0.15) is 5.10 Å². The van der Waals surface area contributed by atoms with Gasteiger partial charge in [0.1, 0.15) is 0 Å². The van der Waals surface area contributed by atoms with Crippen molar-refractivity contribution in [2.24, 2.45) is 5.73 Å². The van der Waals surface area contributed by atoms with Crippen LogP contribution in [0.15, 0.2) is 0 Å². The molecule has 0 atom stereocenters. The molecule has 0 aliphatic rings. The summed E-state index contributed by atoms with van der Waals surface area (Å²) < 4.78 is 0. The van der Waals surface area contributed by atoms with Gasteiger partial charge in [0.05, 0.1) is 5.69 Å². The molecule has 16 heavy (non-hydrogen) atoms. The first-order valence-corrected chi connectivity index (χ1v) is 6.09. The average Bonchev–Trinajstić information content (AvgIpc) is 2.34. The van der Waals surface area contributed by atoms with Gasteiger partial charge in [0.15, 0.2) is 5.82 Å². The molecule has 0 aliphatic heterocycles. The molecule has 0 amide bonds. The van der Waals surface area contributed by atoms with Crippen LogP contribution in [0.5, 0.6) is 0 Å². The number of hydrogen-bond donors (Lipinski definition) is 2. The molecule has 1 aromatic rings. The maximum atomic E-state index is 5.81. The van der Waals surface area contributed by atoms with Gasteiger partial charge in [-0.15, -0.1) is 5.10 Å². The molecule has 3 N–H and O–H groups in total. The SMILES string of the molecule is CCCNc1nnc(CC)c(CC)c1CN. The number of aromatic nitrogens is 2. The minimum atomic E-state index is 0.526. The van der Waals surface area contributed by atoms with Gasteiger partial charge in [0.25, 0.3) is 0 Å². The van der Waals surface area contributed by atoms with Gasteiger partial charge in [-0.1, -0.05) is 20.8 Å². The number of nitrogens with two attached hydrogens (primary N) is 1.